The van der Waals surface area contributed by atoms with E-state index < -0.39 is 6.17 Å². The van der Waals surface area contributed by atoms with Crippen LogP contribution in [0, 0.1) is 0 Å². The molecule has 3 heteroatoms. The van der Waals surface area contributed by atoms with Crippen LogP contribution < -0.4 is 0 Å². The third-order valence-corrected chi connectivity index (χ3v) is 3.08. The standard InChI is InChI=1S/C12H10FNS/c1-2-11(13)12-6-10(8-15-12)9-4-3-5-14-7-9/h2-8,11H,1H2. The first-order chi connectivity index (χ1) is 7.31. The Hall–Kier alpha value is -1.48. The van der Waals surface area contributed by atoms with E-state index in [9.17, 15) is 4.39 Å². The van der Waals surface area contributed by atoms with Gasteiger partial charge in [0.25, 0.3) is 0 Å². The molecule has 0 aliphatic rings. The van der Waals surface area contributed by atoms with E-state index in [0.29, 0.717) is 4.88 Å². The highest BCUT2D eigenvalue weighted by Crippen LogP contribution is 2.30. The third kappa shape index (κ3) is 2.13. The third-order valence-electron chi connectivity index (χ3n) is 2.09. The molecular formula is C12H10FNS. The minimum atomic E-state index is -1.07. The Kier molecular flexibility index (Phi) is 2.92. The topological polar surface area (TPSA) is 12.9 Å². The minimum absolute atomic E-state index is 0.684. The summed E-state index contributed by atoms with van der Waals surface area (Å²) >= 11 is 1.40. The highest BCUT2D eigenvalue weighted by Gasteiger charge is 2.09. The molecule has 2 aromatic rings. The minimum Gasteiger partial charge on any atom is -0.264 e. The Bertz CT molecular complexity index is 450. The van der Waals surface area contributed by atoms with Gasteiger partial charge in [0.15, 0.2) is 6.17 Å². The van der Waals surface area contributed by atoms with Crippen LogP contribution in [0.25, 0.3) is 11.1 Å². The van der Waals surface area contributed by atoms with E-state index in [1.54, 1.807) is 12.4 Å². The van der Waals surface area contributed by atoms with Crippen LogP contribution in [0.2, 0.25) is 0 Å². The van der Waals surface area contributed by atoms with Gasteiger partial charge in [0.1, 0.15) is 0 Å². The van der Waals surface area contributed by atoms with Crippen LogP contribution in [0.4, 0.5) is 4.39 Å². The molecule has 0 bridgehead atoms. The smallest absolute Gasteiger partial charge is 0.152 e. The Morgan fingerprint density at radius 2 is 2.33 bits per heavy atom. The molecule has 76 valence electrons. The second-order valence-corrected chi connectivity index (χ2v) is 4.06. The molecule has 0 aliphatic carbocycles. The number of halogens is 1. The summed E-state index contributed by atoms with van der Waals surface area (Å²) < 4.78 is 13.3. The summed E-state index contributed by atoms with van der Waals surface area (Å²) in [6.07, 6.45) is 3.73. The van der Waals surface area contributed by atoms with Gasteiger partial charge >= 0.3 is 0 Å². The molecule has 0 N–H and O–H groups in total. The number of nitrogens with zero attached hydrogens (tertiary/aromatic N) is 1. The fourth-order valence-electron chi connectivity index (χ4n) is 1.30. The molecule has 0 radical (unpaired) electrons. The van der Waals surface area contributed by atoms with Gasteiger partial charge in [-0.1, -0.05) is 18.7 Å². The van der Waals surface area contributed by atoms with Gasteiger partial charge in [-0.3, -0.25) is 4.98 Å². The molecule has 2 aromatic heterocycles. The highest BCUT2D eigenvalue weighted by atomic mass is 32.1. The fourth-order valence-corrected chi connectivity index (χ4v) is 2.19. The number of aromatic nitrogens is 1. The molecule has 0 spiro atoms. The number of allylic oxidation sites excluding steroid dienone is 1. The van der Waals surface area contributed by atoms with Crippen molar-refractivity contribution in [3.05, 3.63) is 53.5 Å². The largest absolute Gasteiger partial charge is 0.264 e. The summed E-state index contributed by atoms with van der Waals surface area (Å²) in [5.74, 6) is 0. The Labute approximate surface area is 91.9 Å². The zero-order chi connectivity index (χ0) is 10.7. The van der Waals surface area contributed by atoms with Crippen molar-refractivity contribution in [1.82, 2.24) is 4.98 Å². The lowest BCUT2D eigenvalue weighted by Crippen LogP contribution is -1.79. The lowest BCUT2D eigenvalue weighted by molar-refractivity contribution is 0.421. The van der Waals surface area contributed by atoms with Crippen molar-refractivity contribution in [1.29, 1.82) is 0 Å². The molecule has 0 amide bonds. The molecule has 0 fully saturated rings. The van der Waals surface area contributed by atoms with E-state index in [0.717, 1.165) is 11.1 Å². The van der Waals surface area contributed by atoms with Gasteiger partial charge in [0.2, 0.25) is 0 Å². The van der Waals surface area contributed by atoms with E-state index >= 15 is 0 Å². The number of hydrogen-bond acceptors (Lipinski definition) is 2. The summed E-state index contributed by atoms with van der Waals surface area (Å²) in [5, 5.41) is 1.93. The van der Waals surface area contributed by atoms with Crippen LogP contribution in [0.5, 0.6) is 0 Å². The van der Waals surface area contributed by atoms with Crippen LogP contribution in [-0.2, 0) is 0 Å². The normalized spacial score (nSPS) is 12.3. The molecule has 0 saturated carbocycles. The Morgan fingerprint density at radius 3 is 3.00 bits per heavy atom. The predicted molar refractivity (Wildman–Crippen MR) is 61.6 cm³/mol. The van der Waals surface area contributed by atoms with Crippen LogP contribution in [0.1, 0.15) is 11.0 Å². The summed E-state index contributed by atoms with van der Waals surface area (Å²) in [5.41, 5.74) is 2.02. The van der Waals surface area contributed by atoms with E-state index in [1.807, 2.05) is 23.6 Å². The lowest BCUT2D eigenvalue weighted by Gasteiger charge is -1.96. The summed E-state index contributed by atoms with van der Waals surface area (Å²) in [6, 6.07) is 5.67. The molecule has 15 heavy (non-hydrogen) atoms. The van der Waals surface area contributed by atoms with E-state index in [-0.39, 0.29) is 0 Å². The average molecular weight is 219 g/mol. The summed E-state index contributed by atoms with van der Waals surface area (Å²) in [7, 11) is 0. The van der Waals surface area contributed by atoms with Crippen LogP contribution >= 0.6 is 11.3 Å². The van der Waals surface area contributed by atoms with Crippen molar-refractivity contribution in [3.63, 3.8) is 0 Å². The average Bonchev–Trinajstić information content (AvgIpc) is 2.78. The maximum Gasteiger partial charge on any atom is 0.152 e. The molecule has 0 saturated heterocycles. The first kappa shape index (κ1) is 10.1. The van der Waals surface area contributed by atoms with Crippen molar-refractivity contribution in [3.8, 4) is 11.1 Å². The molecule has 0 aliphatic heterocycles. The van der Waals surface area contributed by atoms with Crippen molar-refractivity contribution < 1.29 is 4.39 Å². The first-order valence-electron chi connectivity index (χ1n) is 4.56. The number of pyridine rings is 1. The molecule has 0 aromatic carbocycles. The maximum absolute atomic E-state index is 13.3. The van der Waals surface area contributed by atoms with E-state index in [4.69, 9.17) is 0 Å². The van der Waals surface area contributed by atoms with Crippen LogP contribution in [0.15, 0.2) is 48.6 Å². The fraction of sp³-hybridized carbons (Fsp3) is 0.0833. The second-order valence-electron chi connectivity index (χ2n) is 3.12. The quantitative estimate of drug-likeness (QED) is 0.711. The Balaban J connectivity index is 2.32. The van der Waals surface area contributed by atoms with Crippen molar-refractivity contribution in [2.45, 2.75) is 6.17 Å². The van der Waals surface area contributed by atoms with Gasteiger partial charge in [-0.05, 0) is 23.1 Å². The van der Waals surface area contributed by atoms with Gasteiger partial charge in [0, 0.05) is 22.8 Å². The van der Waals surface area contributed by atoms with Gasteiger partial charge < -0.3 is 0 Å². The van der Waals surface area contributed by atoms with Crippen molar-refractivity contribution >= 4 is 11.3 Å². The Morgan fingerprint density at radius 1 is 1.47 bits per heavy atom. The zero-order valence-electron chi connectivity index (χ0n) is 8.06. The summed E-state index contributed by atoms with van der Waals surface area (Å²) in [6.45, 7) is 3.44. The number of rotatable bonds is 3. The molecule has 2 heterocycles. The number of alkyl halides is 1. The second kappa shape index (κ2) is 4.36. The molecular weight excluding hydrogens is 209 g/mol. The van der Waals surface area contributed by atoms with Crippen molar-refractivity contribution in [2.75, 3.05) is 0 Å². The van der Waals surface area contributed by atoms with E-state index in [2.05, 4.69) is 11.6 Å². The van der Waals surface area contributed by atoms with Gasteiger partial charge in [-0.25, -0.2) is 4.39 Å². The monoisotopic (exact) mass is 219 g/mol. The lowest BCUT2D eigenvalue weighted by atomic mass is 10.1. The van der Waals surface area contributed by atoms with Gasteiger partial charge in [0.05, 0.1) is 0 Å². The van der Waals surface area contributed by atoms with E-state index in [1.165, 1.54) is 17.4 Å². The van der Waals surface area contributed by atoms with Gasteiger partial charge in [-0.2, -0.15) is 0 Å². The molecule has 1 unspecified atom stereocenters. The first-order valence-corrected chi connectivity index (χ1v) is 5.44. The van der Waals surface area contributed by atoms with Crippen molar-refractivity contribution in [2.24, 2.45) is 0 Å². The van der Waals surface area contributed by atoms with Crippen LogP contribution in [0.3, 0.4) is 0 Å². The number of thiophene rings is 1. The van der Waals surface area contributed by atoms with Crippen LogP contribution in [-0.4, -0.2) is 4.98 Å². The predicted octanol–water partition coefficient (Wildman–Crippen LogP) is 4.01. The SMILES string of the molecule is C=CC(F)c1cc(-c2cccnc2)cs1. The van der Waals surface area contributed by atoms with Gasteiger partial charge in [-0.15, -0.1) is 11.3 Å². The maximum atomic E-state index is 13.3. The molecule has 1 atom stereocenters. The summed E-state index contributed by atoms with van der Waals surface area (Å²) in [4.78, 5) is 4.71. The molecule has 2 rings (SSSR count). The number of hydrogen-bond donors (Lipinski definition) is 0. The molecule has 1 nitrogen and oxygen atoms in total. The highest BCUT2D eigenvalue weighted by molar-refractivity contribution is 7.10. The zero-order valence-corrected chi connectivity index (χ0v) is 8.88.